The van der Waals surface area contributed by atoms with E-state index in [4.69, 9.17) is 51.6 Å². The van der Waals surface area contributed by atoms with E-state index in [1.807, 2.05) is 19.9 Å². The Hall–Kier alpha value is -3.12. The molecule has 1 N–H and O–H groups in total. The Kier molecular flexibility index (Phi) is 12.7. The van der Waals surface area contributed by atoms with Gasteiger partial charge in [0, 0.05) is 41.8 Å². The Balaban J connectivity index is 1.81. The summed E-state index contributed by atoms with van der Waals surface area (Å²) in [6.45, 7) is 7.00. The number of cyclic esters (lactones) is 1. The molecule has 1 amide bonds. The van der Waals surface area contributed by atoms with Gasteiger partial charge in [0.1, 0.15) is 6.10 Å². The molecule has 11 nitrogen and oxygen atoms in total. The Morgan fingerprint density at radius 2 is 1.95 bits per heavy atom. The molecule has 4 atom stereocenters. The van der Waals surface area contributed by atoms with Crippen LogP contribution < -0.4 is 14.8 Å². The third-order valence-corrected chi connectivity index (χ3v) is 6.91. The second kappa shape index (κ2) is 15.9. The van der Waals surface area contributed by atoms with Gasteiger partial charge in [-0.1, -0.05) is 43.1 Å². The Bertz CT molecular complexity index is 1240. The highest BCUT2D eigenvalue weighted by molar-refractivity contribution is 6.35. The Morgan fingerprint density at radius 3 is 2.62 bits per heavy atom. The van der Waals surface area contributed by atoms with Gasteiger partial charge >= 0.3 is 11.9 Å². The standard InChI is InChI=1S/C29H36Cl2N2O9/c1-16(2)12-39-26-17(3)42-29(36)23(14-38-13-20(26)10-19-6-7-21(30)11-22(19)31)33-28(35)25-27(41-15-40-18(4)34)24(37-5)8-9-32-25/h6-9,11,16-17,20,23,26H,10,12-15H2,1-5H3,(H,33,35). The first-order valence-corrected chi connectivity index (χ1v) is 14.2. The van der Waals surface area contributed by atoms with Crippen LogP contribution in [-0.2, 0) is 35.0 Å². The van der Waals surface area contributed by atoms with Crippen molar-refractivity contribution < 1.29 is 42.8 Å². The molecule has 0 saturated carbocycles. The lowest BCUT2D eigenvalue weighted by atomic mass is 9.91. The van der Waals surface area contributed by atoms with Crippen molar-refractivity contribution in [3.63, 3.8) is 0 Å². The number of rotatable bonds is 11. The number of amides is 1. The molecule has 1 saturated heterocycles. The van der Waals surface area contributed by atoms with Gasteiger partial charge in [0.05, 0.1) is 26.4 Å². The molecule has 42 heavy (non-hydrogen) atoms. The number of carbonyl (C=O) groups is 3. The molecule has 3 rings (SSSR count). The number of nitrogens with one attached hydrogen (secondary N) is 1. The number of methoxy groups -OCH3 is 1. The summed E-state index contributed by atoms with van der Waals surface area (Å²) in [5.74, 6) is -1.91. The predicted molar refractivity (Wildman–Crippen MR) is 154 cm³/mol. The lowest BCUT2D eigenvalue weighted by Gasteiger charge is -2.31. The van der Waals surface area contributed by atoms with Crippen LogP contribution in [0.15, 0.2) is 30.5 Å². The zero-order chi connectivity index (χ0) is 30.8. The molecule has 1 fully saturated rings. The number of nitrogens with zero attached hydrogens (tertiary/aromatic N) is 1. The van der Waals surface area contributed by atoms with Crippen LogP contribution in [0.1, 0.15) is 43.7 Å². The van der Waals surface area contributed by atoms with Crippen LogP contribution in [0.3, 0.4) is 0 Å². The second-order valence-corrected chi connectivity index (χ2v) is 11.0. The first-order chi connectivity index (χ1) is 20.0. The van der Waals surface area contributed by atoms with Crippen LogP contribution in [0.25, 0.3) is 0 Å². The highest BCUT2D eigenvalue weighted by atomic mass is 35.5. The molecule has 2 aromatic rings. The maximum Gasteiger partial charge on any atom is 0.331 e. The maximum atomic E-state index is 13.3. The molecule has 13 heteroatoms. The summed E-state index contributed by atoms with van der Waals surface area (Å²) in [5.41, 5.74) is 0.663. The molecular weight excluding hydrogens is 591 g/mol. The summed E-state index contributed by atoms with van der Waals surface area (Å²) >= 11 is 12.5. The largest absolute Gasteiger partial charge is 0.493 e. The number of benzene rings is 1. The SMILES string of the molecule is COc1ccnc(C(=O)NC2COCC(Cc3ccc(Cl)cc3Cl)C(OCC(C)C)C(C)OC2=O)c1OCOC(C)=O. The first-order valence-electron chi connectivity index (χ1n) is 13.4. The third-order valence-electron chi connectivity index (χ3n) is 6.32. The van der Waals surface area contributed by atoms with Gasteiger partial charge in [-0.2, -0.15) is 0 Å². The van der Waals surface area contributed by atoms with Crippen LogP contribution in [0.2, 0.25) is 10.0 Å². The fraction of sp³-hybridized carbons (Fsp3) is 0.517. The van der Waals surface area contributed by atoms with Crippen molar-refractivity contribution in [2.45, 2.75) is 52.4 Å². The van der Waals surface area contributed by atoms with E-state index in [9.17, 15) is 14.4 Å². The molecule has 0 aliphatic carbocycles. The summed E-state index contributed by atoms with van der Waals surface area (Å²) in [7, 11) is 1.38. The van der Waals surface area contributed by atoms with Crippen molar-refractivity contribution in [1.82, 2.24) is 10.3 Å². The fourth-order valence-electron chi connectivity index (χ4n) is 4.33. The monoisotopic (exact) mass is 626 g/mol. The van der Waals surface area contributed by atoms with E-state index in [0.29, 0.717) is 23.1 Å². The molecule has 0 radical (unpaired) electrons. The van der Waals surface area contributed by atoms with Crippen molar-refractivity contribution in [2.75, 3.05) is 33.7 Å². The lowest BCUT2D eigenvalue weighted by molar-refractivity contribution is -0.161. The van der Waals surface area contributed by atoms with Crippen LogP contribution in [0.5, 0.6) is 11.5 Å². The molecule has 4 unspecified atom stereocenters. The number of hydrogen-bond acceptors (Lipinski definition) is 10. The van der Waals surface area contributed by atoms with Crippen LogP contribution in [0.4, 0.5) is 0 Å². The molecule has 1 aromatic heterocycles. The first kappa shape index (κ1) is 33.4. The summed E-state index contributed by atoms with van der Waals surface area (Å²) in [6, 6.07) is 5.58. The number of halogens is 2. The number of carbonyl (C=O) groups excluding carboxylic acids is 3. The lowest BCUT2D eigenvalue weighted by Crippen LogP contribution is -2.46. The summed E-state index contributed by atoms with van der Waals surface area (Å²) in [4.78, 5) is 41.8. The molecule has 2 heterocycles. The van der Waals surface area contributed by atoms with Crippen molar-refractivity contribution in [2.24, 2.45) is 11.8 Å². The van der Waals surface area contributed by atoms with E-state index >= 15 is 0 Å². The van der Waals surface area contributed by atoms with E-state index < -0.39 is 42.9 Å². The van der Waals surface area contributed by atoms with Gasteiger partial charge in [-0.15, -0.1) is 0 Å². The van der Waals surface area contributed by atoms with E-state index in [-0.39, 0.29) is 42.2 Å². The quantitative estimate of drug-likeness (QED) is 0.285. The minimum Gasteiger partial charge on any atom is -0.493 e. The number of aromatic nitrogens is 1. The minimum atomic E-state index is -1.17. The average Bonchev–Trinajstić information content (AvgIpc) is 2.97. The fourth-order valence-corrected chi connectivity index (χ4v) is 4.81. The number of pyridine rings is 1. The van der Waals surface area contributed by atoms with Crippen LogP contribution in [0, 0.1) is 11.8 Å². The van der Waals surface area contributed by atoms with E-state index in [1.165, 1.54) is 26.3 Å². The zero-order valence-corrected chi connectivity index (χ0v) is 25.7. The summed E-state index contributed by atoms with van der Waals surface area (Å²) in [6.07, 6.45) is 0.634. The molecule has 0 spiro atoms. The van der Waals surface area contributed by atoms with Gasteiger partial charge in [-0.25, -0.2) is 9.78 Å². The molecular formula is C29H36Cl2N2O9. The van der Waals surface area contributed by atoms with Gasteiger partial charge in [-0.05, 0) is 37.0 Å². The Morgan fingerprint density at radius 1 is 1.19 bits per heavy atom. The van der Waals surface area contributed by atoms with Crippen molar-refractivity contribution in [1.29, 1.82) is 0 Å². The van der Waals surface area contributed by atoms with Crippen LogP contribution >= 0.6 is 23.2 Å². The normalized spacial score (nSPS) is 21.0. The molecule has 1 aliphatic rings. The van der Waals surface area contributed by atoms with Crippen molar-refractivity contribution in [3.05, 3.63) is 51.8 Å². The smallest absolute Gasteiger partial charge is 0.331 e. The van der Waals surface area contributed by atoms with Gasteiger partial charge in [0.2, 0.25) is 6.79 Å². The predicted octanol–water partition coefficient (Wildman–Crippen LogP) is 4.26. The van der Waals surface area contributed by atoms with Gasteiger partial charge < -0.3 is 33.7 Å². The minimum absolute atomic E-state index is 0.0634. The molecule has 230 valence electrons. The molecule has 1 aliphatic heterocycles. The summed E-state index contributed by atoms with van der Waals surface area (Å²) in [5, 5.41) is 3.65. The zero-order valence-electron chi connectivity index (χ0n) is 24.2. The average molecular weight is 628 g/mol. The summed E-state index contributed by atoms with van der Waals surface area (Å²) < 4.78 is 33.6. The number of esters is 2. The highest BCUT2D eigenvalue weighted by Gasteiger charge is 2.36. The van der Waals surface area contributed by atoms with E-state index in [0.717, 1.165) is 5.56 Å². The topological polar surface area (TPSA) is 132 Å². The van der Waals surface area contributed by atoms with E-state index in [1.54, 1.807) is 19.1 Å². The maximum absolute atomic E-state index is 13.3. The van der Waals surface area contributed by atoms with Gasteiger partial charge in [-0.3, -0.25) is 9.59 Å². The number of ether oxygens (including phenoxy) is 6. The van der Waals surface area contributed by atoms with Gasteiger partial charge in [0.15, 0.2) is 23.2 Å². The van der Waals surface area contributed by atoms with Crippen molar-refractivity contribution >= 4 is 41.0 Å². The Labute approximate surface area is 255 Å². The molecule has 1 aromatic carbocycles. The van der Waals surface area contributed by atoms with Crippen molar-refractivity contribution in [3.8, 4) is 11.5 Å². The number of hydrogen-bond donors (Lipinski definition) is 1. The second-order valence-electron chi connectivity index (χ2n) is 10.2. The van der Waals surface area contributed by atoms with Gasteiger partial charge in [0.25, 0.3) is 5.91 Å². The molecule has 0 bridgehead atoms. The van der Waals surface area contributed by atoms with E-state index in [2.05, 4.69) is 10.3 Å². The highest BCUT2D eigenvalue weighted by Crippen LogP contribution is 2.30. The third kappa shape index (κ3) is 9.45. The van der Waals surface area contributed by atoms with Crippen LogP contribution in [-0.4, -0.2) is 74.8 Å².